The predicted octanol–water partition coefficient (Wildman–Crippen LogP) is 2.12. The van der Waals surface area contributed by atoms with Crippen molar-refractivity contribution in [2.45, 2.75) is 25.9 Å². The third-order valence-corrected chi connectivity index (χ3v) is 3.18. The number of thiazole rings is 1. The van der Waals surface area contributed by atoms with Crippen molar-refractivity contribution in [3.8, 4) is 0 Å². The highest BCUT2D eigenvalue weighted by Crippen LogP contribution is 2.16. The van der Waals surface area contributed by atoms with Crippen LogP contribution in [0.2, 0.25) is 0 Å². The number of aromatic nitrogens is 3. The van der Waals surface area contributed by atoms with E-state index in [0.717, 1.165) is 18.7 Å². The summed E-state index contributed by atoms with van der Waals surface area (Å²) in [6.45, 7) is 2.99. The summed E-state index contributed by atoms with van der Waals surface area (Å²) in [5.74, 6) is 0. The second-order valence-electron chi connectivity index (χ2n) is 3.77. The van der Waals surface area contributed by atoms with Crippen LogP contribution in [0.15, 0.2) is 23.3 Å². The number of nitrogens with zero attached hydrogens (tertiary/aromatic N) is 3. The van der Waals surface area contributed by atoms with Gasteiger partial charge in [-0.2, -0.15) is 5.10 Å². The molecule has 2 aromatic heterocycles. The van der Waals surface area contributed by atoms with E-state index in [-0.39, 0.29) is 0 Å². The van der Waals surface area contributed by atoms with Crippen LogP contribution in [0.3, 0.4) is 0 Å². The Morgan fingerprint density at radius 2 is 2.44 bits per heavy atom. The van der Waals surface area contributed by atoms with E-state index in [1.54, 1.807) is 11.3 Å². The van der Waals surface area contributed by atoms with Gasteiger partial charge in [-0.25, -0.2) is 4.98 Å². The van der Waals surface area contributed by atoms with Crippen LogP contribution in [0.4, 0.5) is 0 Å². The van der Waals surface area contributed by atoms with Crippen LogP contribution in [0.25, 0.3) is 0 Å². The molecule has 1 atom stereocenters. The van der Waals surface area contributed by atoms with Crippen LogP contribution in [-0.4, -0.2) is 14.8 Å². The van der Waals surface area contributed by atoms with Crippen LogP contribution in [-0.2, 0) is 13.6 Å². The molecular formula is C11H16N4S. The van der Waals surface area contributed by atoms with Crippen molar-refractivity contribution in [2.75, 3.05) is 0 Å². The van der Waals surface area contributed by atoms with Crippen LogP contribution < -0.4 is 5.32 Å². The molecule has 0 saturated carbocycles. The van der Waals surface area contributed by atoms with Gasteiger partial charge in [-0.1, -0.05) is 6.92 Å². The van der Waals surface area contributed by atoms with Crippen LogP contribution >= 0.6 is 11.3 Å². The normalized spacial score (nSPS) is 12.9. The Labute approximate surface area is 99.3 Å². The Morgan fingerprint density at radius 3 is 3.00 bits per heavy atom. The number of hydrogen-bond donors (Lipinski definition) is 1. The molecule has 0 amide bonds. The maximum atomic E-state index is 4.26. The van der Waals surface area contributed by atoms with E-state index >= 15 is 0 Å². The van der Waals surface area contributed by atoms with E-state index in [1.807, 2.05) is 23.4 Å². The van der Waals surface area contributed by atoms with Crippen molar-refractivity contribution in [3.05, 3.63) is 34.5 Å². The second-order valence-corrected chi connectivity index (χ2v) is 4.49. The maximum absolute atomic E-state index is 4.26. The number of aryl methyl sites for hydroxylation is 1. The summed E-state index contributed by atoms with van der Waals surface area (Å²) in [4.78, 5) is 4.26. The maximum Gasteiger partial charge on any atom is 0.0795 e. The molecule has 5 heteroatoms. The molecule has 0 aliphatic rings. The van der Waals surface area contributed by atoms with Gasteiger partial charge in [0.2, 0.25) is 0 Å². The number of nitrogens with one attached hydrogen (secondary N) is 1. The summed E-state index contributed by atoms with van der Waals surface area (Å²) < 4.78 is 1.84. The fraction of sp³-hybridized carbons (Fsp3) is 0.455. The lowest BCUT2D eigenvalue weighted by Crippen LogP contribution is -2.20. The molecule has 0 bridgehead atoms. The van der Waals surface area contributed by atoms with Gasteiger partial charge < -0.3 is 5.32 Å². The summed E-state index contributed by atoms with van der Waals surface area (Å²) >= 11 is 1.63. The van der Waals surface area contributed by atoms with Gasteiger partial charge in [0, 0.05) is 36.8 Å². The highest BCUT2D eigenvalue weighted by molar-refractivity contribution is 7.07. The van der Waals surface area contributed by atoms with Gasteiger partial charge >= 0.3 is 0 Å². The fourth-order valence-corrected chi connectivity index (χ4v) is 2.23. The molecule has 2 aromatic rings. The molecule has 86 valence electrons. The zero-order valence-corrected chi connectivity index (χ0v) is 10.4. The minimum Gasteiger partial charge on any atom is -0.304 e. The largest absolute Gasteiger partial charge is 0.304 e. The fourth-order valence-electron chi connectivity index (χ4n) is 1.67. The van der Waals surface area contributed by atoms with Crippen LogP contribution in [0.1, 0.15) is 30.6 Å². The van der Waals surface area contributed by atoms with E-state index in [4.69, 9.17) is 0 Å². The highest BCUT2D eigenvalue weighted by atomic mass is 32.1. The SMILES string of the molecule is CCC(NCc1cscn1)c1cnn(C)c1. The summed E-state index contributed by atoms with van der Waals surface area (Å²) in [5, 5.41) is 9.76. The molecule has 0 fully saturated rings. The minimum atomic E-state index is 0.357. The van der Waals surface area contributed by atoms with Gasteiger partial charge in [0.1, 0.15) is 0 Å². The van der Waals surface area contributed by atoms with Gasteiger partial charge in [-0.3, -0.25) is 4.68 Å². The van der Waals surface area contributed by atoms with Gasteiger partial charge in [0.25, 0.3) is 0 Å². The first-order valence-electron chi connectivity index (χ1n) is 5.38. The van der Waals surface area contributed by atoms with Gasteiger partial charge in [-0.15, -0.1) is 11.3 Å². The zero-order valence-electron chi connectivity index (χ0n) is 9.55. The predicted molar refractivity (Wildman–Crippen MR) is 65.2 cm³/mol. The molecule has 1 N–H and O–H groups in total. The Hall–Kier alpha value is -1.20. The quantitative estimate of drug-likeness (QED) is 0.864. The van der Waals surface area contributed by atoms with E-state index in [9.17, 15) is 0 Å². The molecule has 0 spiro atoms. The van der Waals surface area contributed by atoms with Crippen LogP contribution in [0, 0.1) is 0 Å². The molecular weight excluding hydrogens is 220 g/mol. The summed E-state index contributed by atoms with van der Waals surface area (Å²) in [5.41, 5.74) is 4.20. The molecule has 0 aromatic carbocycles. The first-order valence-corrected chi connectivity index (χ1v) is 6.33. The lowest BCUT2D eigenvalue weighted by Gasteiger charge is -2.14. The topological polar surface area (TPSA) is 42.7 Å². The summed E-state index contributed by atoms with van der Waals surface area (Å²) in [6.07, 6.45) is 5.03. The Bertz CT molecular complexity index is 421. The molecule has 0 radical (unpaired) electrons. The molecule has 16 heavy (non-hydrogen) atoms. The first kappa shape index (κ1) is 11.3. The van der Waals surface area contributed by atoms with Crippen molar-refractivity contribution < 1.29 is 0 Å². The van der Waals surface area contributed by atoms with Gasteiger partial charge in [0.05, 0.1) is 17.4 Å². The Balaban J connectivity index is 1.96. The zero-order chi connectivity index (χ0) is 11.4. The molecule has 1 unspecified atom stereocenters. The van der Waals surface area contributed by atoms with E-state index in [1.165, 1.54) is 5.56 Å². The Kier molecular flexibility index (Phi) is 3.69. The standard InChI is InChI=1S/C11H16N4S/c1-3-11(9-4-14-15(2)6-9)12-5-10-7-16-8-13-10/h4,6-8,11-12H,3,5H2,1-2H3. The smallest absolute Gasteiger partial charge is 0.0795 e. The third kappa shape index (κ3) is 2.68. The molecule has 0 aliphatic heterocycles. The third-order valence-electron chi connectivity index (χ3n) is 2.55. The summed E-state index contributed by atoms with van der Waals surface area (Å²) in [6, 6.07) is 0.357. The molecule has 2 rings (SSSR count). The average Bonchev–Trinajstić information content (AvgIpc) is 2.91. The molecule has 4 nitrogen and oxygen atoms in total. The van der Waals surface area contributed by atoms with Crippen molar-refractivity contribution in [1.82, 2.24) is 20.1 Å². The molecule has 0 aliphatic carbocycles. The van der Waals surface area contributed by atoms with Gasteiger partial charge in [-0.05, 0) is 6.42 Å². The number of rotatable bonds is 5. The monoisotopic (exact) mass is 236 g/mol. The van der Waals surface area contributed by atoms with Crippen molar-refractivity contribution in [3.63, 3.8) is 0 Å². The van der Waals surface area contributed by atoms with Gasteiger partial charge in [0.15, 0.2) is 0 Å². The minimum absolute atomic E-state index is 0.357. The molecule has 2 heterocycles. The lowest BCUT2D eigenvalue weighted by molar-refractivity contribution is 0.515. The van der Waals surface area contributed by atoms with Crippen LogP contribution in [0.5, 0.6) is 0 Å². The van der Waals surface area contributed by atoms with E-state index < -0.39 is 0 Å². The second kappa shape index (κ2) is 5.23. The summed E-state index contributed by atoms with van der Waals surface area (Å²) in [7, 11) is 1.94. The van der Waals surface area contributed by atoms with E-state index in [2.05, 4.69) is 33.9 Å². The Morgan fingerprint density at radius 1 is 1.56 bits per heavy atom. The van der Waals surface area contributed by atoms with E-state index in [0.29, 0.717) is 6.04 Å². The average molecular weight is 236 g/mol. The van der Waals surface area contributed by atoms with Crippen molar-refractivity contribution in [2.24, 2.45) is 7.05 Å². The highest BCUT2D eigenvalue weighted by Gasteiger charge is 2.10. The molecule has 0 saturated heterocycles. The number of hydrogen-bond acceptors (Lipinski definition) is 4. The lowest BCUT2D eigenvalue weighted by atomic mass is 10.1. The first-order chi connectivity index (χ1) is 7.79. The van der Waals surface area contributed by atoms with Crippen molar-refractivity contribution >= 4 is 11.3 Å². The van der Waals surface area contributed by atoms with Crippen molar-refractivity contribution in [1.29, 1.82) is 0 Å².